The molecule has 2 amide bonds. The van der Waals surface area contributed by atoms with Gasteiger partial charge in [0.05, 0.1) is 11.6 Å². The van der Waals surface area contributed by atoms with Crippen molar-refractivity contribution in [3.63, 3.8) is 0 Å². The van der Waals surface area contributed by atoms with Crippen molar-refractivity contribution in [1.82, 2.24) is 4.90 Å². The minimum atomic E-state index is -0.750. The van der Waals surface area contributed by atoms with E-state index in [1.165, 1.54) is 5.56 Å². The molecule has 33 heavy (non-hydrogen) atoms. The van der Waals surface area contributed by atoms with Gasteiger partial charge in [0.1, 0.15) is 0 Å². The number of benzene rings is 2. The number of amides is 2. The zero-order valence-electron chi connectivity index (χ0n) is 18.4. The Morgan fingerprint density at radius 1 is 1.06 bits per heavy atom. The van der Waals surface area contributed by atoms with Crippen molar-refractivity contribution in [1.29, 1.82) is 5.26 Å². The summed E-state index contributed by atoms with van der Waals surface area (Å²) in [4.78, 5) is 30.4. The number of likely N-dealkylation sites (tertiary alicyclic amines) is 1. The third-order valence-corrected chi connectivity index (χ3v) is 5.56. The second-order valence-electron chi connectivity index (χ2n) is 7.69. The van der Waals surface area contributed by atoms with Crippen LogP contribution in [-0.2, 0) is 11.6 Å². The highest BCUT2D eigenvalue weighted by Crippen LogP contribution is 2.32. The number of aryl methyl sites for hydroxylation is 2. The maximum absolute atomic E-state index is 12.7. The van der Waals surface area contributed by atoms with E-state index in [9.17, 15) is 9.59 Å². The fourth-order valence-electron chi connectivity index (χ4n) is 3.95. The Morgan fingerprint density at radius 2 is 1.64 bits per heavy atom. The summed E-state index contributed by atoms with van der Waals surface area (Å²) in [6, 6.07) is 12.7. The van der Waals surface area contributed by atoms with Crippen LogP contribution in [0.15, 0.2) is 41.4 Å². The molecule has 2 aromatic rings. The number of hydrogen-bond acceptors (Lipinski definition) is 5. The first-order chi connectivity index (χ1) is 15.7. The first-order valence-corrected chi connectivity index (χ1v) is 10.8. The molecule has 0 aromatic heterocycles. The predicted octanol–water partition coefficient (Wildman–Crippen LogP) is 1.94. The molecule has 4 N–H and O–H groups in total. The molecule has 0 aliphatic carbocycles. The average Bonchev–Trinajstić information content (AvgIpc) is 2.80. The van der Waals surface area contributed by atoms with Crippen LogP contribution < -0.4 is 11.5 Å². The first kappa shape index (κ1) is 25.4. The van der Waals surface area contributed by atoms with E-state index in [2.05, 4.69) is 11.1 Å². The van der Waals surface area contributed by atoms with E-state index in [-0.39, 0.29) is 11.9 Å². The zero-order valence-corrected chi connectivity index (χ0v) is 19.2. The second kappa shape index (κ2) is 11.7. The molecule has 1 aliphatic heterocycles. The Morgan fingerprint density at radius 3 is 2.15 bits per heavy atom. The van der Waals surface area contributed by atoms with Crippen molar-refractivity contribution in [3.8, 4) is 6.07 Å². The van der Waals surface area contributed by atoms with Crippen molar-refractivity contribution in [2.75, 3.05) is 13.1 Å². The maximum Gasteiger partial charge on any atom is 0.335 e. The van der Waals surface area contributed by atoms with Crippen LogP contribution in [0.4, 0.5) is 0 Å². The Hall–Kier alpha value is -3.84. The number of nitriles is 1. The topological polar surface area (TPSA) is 160 Å². The summed E-state index contributed by atoms with van der Waals surface area (Å²) in [6.45, 7) is 5.19. The summed E-state index contributed by atoms with van der Waals surface area (Å²) in [5, 5.41) is 8.90. The summed E-state index contributed by atoms with van der Waals surface area (Å²) in [6.07, 6.45) is 1.70. The number of carbonyl (C=O) groups excluding carboxylic acids is 2. The lowest BCUT2D eigenvalue weighted by Crippen LogP contribution is -2.38. The fraction of sp³-hybridized carbons (Fsp3) is 0.304. The molecule has 0 saturated carbocycles. The highest BCUT2D eigenvalue weighted by Gasteiger charge is 2.26. The zero-order chi connectivity index (χ0) is 24.5. The Balaban J connectivity index is 0.00000122. The smallest absolute Gasteiger partial charge is 0.335 e. The van der Waals surface area contributed by atoms with Gasteiger partial charge in [0.15, 0.2) is 5.96 Å². The van der Waals surface area contributed by atoms with Crippen LogP contribution in [-0.4, -0.2) is 44.2 Å². The van der Waals surface area contributed by atoms with Gasteiger partial charge in [0.25, 0.3) is 11.8 Å². The Bertz CT molecular complexity index is 1140. The number of rotatable bonds is 3. The standard InChI is InChI=1S/C23H25N5O2.O2S/c1-14-12-20(21(29)27-23(25)26)15(2)11-19(14)17-7-9-28(10-8-17)22(30)18-5-3-16(13-24)4-6-18;1-3-2/h3-6,11-12,17H,7-10H2,1-2H3,(H4,25,26,27,29);. The molecule has 0 radical (unpaired) electrons. The lowest BCUT2D eigenvalue weighted by Gasteiger charge is -2.33. The quantitative estimate of drug-likeness (QED) is 0.515. The van der Waals surface area contributed by atoms with E-state index in [1.54, 1.807) is 24.3 Å². The molecule has 1 aliphatic rings. The summed E-state index contributed by atoms with van der Waals surface area (Å²) >= 11 is -0.750. The molecule has 2 aromatic carbocycles. The highest BCUT2D eigenvalue weighted by atomic mass is 32.1. The van der Waals surface area contributed by atoms with Gasteiger partial charge in [-0.3, -0.25) is 9.59 Å². The molecule has 1 heterocycles. The molecule has 10 heteroatoms. The molecule has 1 fully saturated rings. The van der Waals surface area contributed by atoms with Crippen LogP contribution in [0.3, 0.4) is 0 Å². The van der Waals surface area contributed by atoms with Gasteiger partial charge in [-0.25, -0.2) is 0 Å². The largest absolute Gasteiger partial charge is 0.370 e. The van der Waals surface area contributed by atoms with Crippen molar-refractivity contribution < 1.29 is 18.0 Å². The number of nitrogens with zero attached hydrogens (tertiary/aromatic N) is 3. The van der Waals surface area contributed by atoms with Gasteiger partial charge >= 0.3 is 11.6 Å². The molecular formula is C23H25N5O4S. The number of nitrogens with two attached hydrogens (primary N) is 2. The molecule has 3 rings (SSSR count). The lowest BCUT2D eigenvalue weighted by atomic mass is 9.84. The molecule has 0 bridgehead atoms. The third kappa shape index (κ3) is 6.57. The summed E-state index contributed by atoms with van der Waals surface area (Å²) in [5.74, 6) is -0.379. The molecule has 0 atom stereocenters. The number of piperidine rings is 1. The van der Waals surface area contributed by atoms with Crippen molar-refractivity contribution in [2.24, 2.45) is 16.5 Å². The minimum Gasteiger partial charge on any atom is -0.370 e. The highest BCUT2D eigenvalue weighted by molar-refractivity contribution is 7.51. The third-order valence-electron chi connectivity index (χ3n) is 5.56. The lowest BCUT2D eigenvalue weighted by molar-refractivity contribution is 0.0712. The molecule has 172 valence electrons. The van der Waals surface area contributed by atoms with Crippen LogP contribution >= 0.6 is 0 Å². The molecule has 0 unspecified atom stereocenters. The summed E-state index contributed by atoms with van der Waals surface area (Å²) in [5.41, 5.74) is 15.3. The minimum absolute atomic E-state index is 0.0102. The molecule has 0 spiro atoms. The van der Waals surface area contributed by atoms with E-state index in [0.717, 1.165) is 24.0 Å². The van der Waals surface area contributed by atoms with Gasteiger partial charge in [0, 0.05) is 24.2 Å². The first-order valence-electron chi connectivity index (χ1n) is 10.2. The van der Waals surface area contributed by atoms with Crippen molar-refractivity contribution in [3.05, 3.63) is 69.8 Å². The fourth-order valence-corrected chi connectivity index (χ4v) is 3.95. The number of aliphatic imine (C=N–C) groups is 1. The normalized spacial score (nSPS) is 13.2. The van der Waals surface area contributed by atoms with Gasteiger partial charge in [0.2, 0.25) is 0 Å². The summed E-state index contributed by atoms with van der Waals surface area (Å²) < 4.78 is 16.6. The van der Waals surface area contributed by atoms with Gasteiger partial charge < -0.3 is 16.4 Å². The van der Waals surface area contributed by atoms with Crippen LogP contribution in [0.2, 0.25) is 0 Å². The average molecular weight is 468 g/mol. The van der Waals surface area contributed by atoms with E-state index < -0.39 is 17.5 Å². The Kier molecular flexibility index (Phi) is 9.00. The van der Waals surface area contributed by atoms with Gasteiger partial charge in [-0.15, -0.1) is 0 Å². The van der Waals surface area contributed by atoms with Crippen LogP contribution in [0, 0.1) is 25.2 Å². The SMILES string of the molecule is Cc1cc(C2CCN(C(=O)c3ccc(C#N)cc3)CC2)c(C)cc1C(=O)N=C(N)N.O=S=O. The maximum atomic E-state index is 12.7. The number of carbonyl (C=O) groups is 2. The van der Waals surface area contributed by atoms with Crippen LogP contribution in [0.5, 0.6) is 0 Å². The second-order valence-corrected chi connectivity index (χ2v) is 7.83. The van der Waals surface area contributed by atoms with Crippen molar-refractivity contribution in [2.45, 2.75) is 32.6 Å². The van der Waals surface area contributed by atoms with Crippen molar-refractivity contribution >= 4 is 29.3 Å². The van der Waals surface area contributed by atoms with E-state index in [1.807, 2.05) is 30.9 Å². The number of guanidine groups is 1. The number of hydrogen-bond donors (Lipinski definition) is 2. The van der Waals surface area contributed by atoms with Gasteiger partial charge in [-0.05, 0) is 79.6 Å². The summed E-state index contributed by atoms with van der Waals surface area (Å²) in [7, 11) is 0. The van der Waals surface area contributed by atoms with Gasteiger partial charge in [-0.2, -0.15) is 18.7 Å². The van der Waals surface area contributed by atoms with Crippen LogP contribution in [0.25, 0.3) is 0 Å². The predicted molar refractivity (Wildman–Crippen MR) is 124 cm³/mol. The van der Waals surface area contributed by atoms with E-state index in [4.69, 9.17) is 25.1 Å². The molecule has 9 nitrogen and oxygen atoms in total. The van der Waals surface area contributed by atoms with E-state index in [0.29, 0.717) is 35.7 Å². The Labute approximate surface area is 195 Å². The molecule has 1 saturated heterocycles. The van der Waals surface area contributed by atoms with Gasteiger partial charge in [-0.1, -0.05) is 6.07 Å². The monoisotopic (exact) mass is 467 g/mol. The van der Waals surface area contributed by atoms with Crippen LogP contribution in [0.1, 0.15) is 61.7 Å². The molecular weight excluding hydrogens is 442 g/mol. The van der Waals surface area contributed by atoms with E-state index >= 15 is 0 Å².